The molecule has 0 fully saturated rings. The van der Waals surface area contributed by atoms with Crippen LogP contribution < -0.4 is 15.4 Å². The fourth-order valence-electron chi connectivity index (χ4n) is 1.83. The van der Waals surface area contributed by atoms with Crippen molar-refractivity contribution in [2.75, 3.05) is 14.2 Å². The molecule has 2 aromatic rings. The van der Waals surface area contributed by atoms with Crippen LogP contribution in [0, 0.1) is 6.92 Å². The summed E-state index contributed by atoms with van der Waals surface area (Å²) in [6.45, 7) is 3.57. The van der Waals surface area contributed by atoms with E-state index in [1.165, 1.54) is 10.4 Å². The quantitative estimate of drug-likeness (QED) is 0.434. The number of methoxy groups -OCH3 is 1. The normalized spacial score (nSPS) is 10.8. The van der Waals surface area contributed by atoms with Crippen LogP contribution in [-0.2, 0) is 13.1 Å². The summed E-state index contributed by atoms with van der Waals surface area (Å²) in [7, 11) is 3.38. The molecule has 7 heteroatoms. The van der Waals surface area contributed by atoms with E-state index in [4.69, 9.17) is 4.74 Å². The highest BCUT2D eigenvalue weighted by atomic mass is 127. The summed E-state index contributed by atoms with van der Waals surface area (Å²) in [5.41, 5.74) is 2.40. The summed E-state index contributed by atoms with van der Waals surface area (Å²) in [6, 6.07) is 5.98. The van der Waals surface area contributed by atoms with Crippen molar-refractivity contribution >= 4 is 41.3 Å². The smallest absolute Gasteiger partial charge is 0.213 e. The van der Waals surface area contributed by atoms with E-state index in [1.54, 1.807) is 31.7 Å². The number of nitrogens with zero attached hydrogens (tertiary/aromatic N) is 2. The van der Waals surface area contributed by atoms with Crippen molar-refractivity contribution in [1.82, 2.24) is 15.6 Å². The Hall–Kier alpha value is -1.35. The molecule has 2 heterocycles. The van der Waals surface area contributed by atoms with Crippen molar-refractivity contribution in [1.29, 1.82) is 0 Å². The lowest BCUT2D eigenvalue weighted by atomic mass is 10.2. The Morgan fingerprint density at radius 2 is 2.09 bits per heavy atom. The van der Waals surface area contributed by atoms with Gasteiger partial charge < -0.3 is 15.4 Å². The summed E-state index contributed by atoms with van der Waals surface area (Å²) in [5, 5.41) is 8.70. The maximum Gasteiger partial charge on any atom is 0.213 e. The predicted octanol–water partition coefficient (Wildman–Crippen LogP) is 2.94. The fourth-order valence-corrected chi connectivity index (χ4v) is 2.67. The molecule has 2 rings (SSSR count). The van der Waals surface area contributed by atoms with Gasteiger partial charge in [-0.25, -0.2) is 4.98 Å². The second-order valence-electron chi connectivity index (χ2n) is 4.51. The standard InChI is InChI=1S/C15H20N4OS.HI/c1-11-5-7-21-13(11)10-19-15(16-2)18-9-12-4-6-17-14(8-12)20-3;/h4-8H,9-10H2,1-3H3,(H2,16,18,19);1H. The summed E-state index contributed by atoms with van der Waals surface area (Å²) >= 11 is 1.75. The van der Waals surface area contributed by atoms with Gasteiger partial charge in [0, 0.05) is 30.7 Å². The van der Waals surface area contributed by atoms with Gasteiger partial charge in [-0.3, -0.25) is 4.99 Å². The Kier molecular flexibility index (Phi) is 8.18. The molecule has 0 bridgehead atoms. The lowest BCUT2D eigenvalue weighted by molar-refractivity contribution is 0.397. The van der Waals surface area contributed by atoms with Crippen molar-refractivity contribution in [3.05, 3.63) is 45.8 Å². The van der Waals surface area contributed by atoms with Gasteiger partial charge in [-0.1, -0.05) is 0 Å². The van der Waals surface area contributed by atoms with Gasteiger partial charge in [0.15, 0.2) is 5.96 Å². The van der Waals surface area contributed by atoms with E-state index in [9.17, 15) is 0 Å². The monoisotopic (exact) mass is 432 g/mol. The lowest BCUT2D eigenvalue weighted by Crippen LogP contribution is -2.36. The number of guanidine groups is 1. The van der Waals surface area contributed by atoms with E-state index in [0.717, 1.165) is 18.1 Å². The van der Waals surface area contributed by atoms with E-state index in [-0.39, 0.29) is 24.0 Å². The summed E-state index contributed by atoms with van der Waals surface area (Å²) in [6.07, 6.45) is 1.74. The van der Waals surface area contributed by atoms with Crippen LogP contribution >= 0.6 is 35.3 Å². The third-order valence-electron chi connectivity index (χ3n) is 3.08. The topological polar surface area (TPSA) is 58.5 Å². The summed E-state index contributed by atoms with van der Waals surface area (Å²) < 4.78 is 5.11. The molecule has 0 saturated heterocycles. The maximum atomic E-state index is 5.11. The number of aryl methyl sites for hydroxylation is 1. The first-order valence-corrected chi connectivity index (χ1v) is 7.57. The molecule has 0 radical (unpaired) electrons. The van der Waals surface area contributed by atoms with Crippen LogP contribution in [0.15, 0.2) is 34.8 Å². The van der Waals surface area contributed by atoms with Gasteiger partial charge in [-0.15, -0.1) is 35.3 Å². The second kappa shape index (κ2) is 9.62. The molecule has 0 saturated carbocycles. The first kappa shape index (κ1) is 18.7. The minimum atomic E-state index is 0. The molecule has 0 aliphatic rings. The van der Waals surface area contributed by atoms with E-state index < -0.39 is 0 Å². The number of thiophene rings is 1. The molecule has 0 aromatic carbocycles. The summed E-state index contributed by atoms with van der Waals surface area (Å²) in [5.74, 6) is 1.39. The largest absolute Gasteiger partial charge is 0.481 e. The van der Waals surface area contributed by atoms with Crippen LogP contribution in [-0.4, -0.2) is 25.1 Å². The van der Waals surface area contributed by atoms with Crippen molar-refractivity contribution in [3.8, 4) is 5.88 Å². The van der Waals surface area contributed by atoms with Crippen molar-refractivity contribution in [2.24, 2.45) is 4.99 Å². The fraction of sp³-hybridized carbons (Fsp3) is 0.333. The van der Waals surface area contributed by atoms with Gasteiger partial charge in [0.25, 0.3) is 0 Å². The molecule has 0 spiro atoms. The zero-order valence-electron chi connectivity index (χ0n) is 12.9. The summed E-state index contributed by atoms with van der Waals surface area (Å²) in [4.78, 5) is 9.64. The number of ether oxygens (including phenoxy) is 1. The average Bonchev–Trinajstić information content (AvgIpc) is 2.93. The van der Waals surface area contributed by atoms with Crippen molar-refractivity contribution in [2.45, 2.75) is 20.0 Å². The highest BCUT2D eigenvalue weighted by Gasteiger charge is 2.03. The van der Waals surface area contributed by atoms with Gasteiger partial charge >= 0.3 is 0 Å². The Labute approximate surface area is 152 Å². The molecular weight excluding hydrogens is 411 g/mol. The number of aromatic nitrogens is 1. The van der Waals surface area contributed by atoms with Gasteiger partial charge in [0.05, 0.1) is 13.7 Å². The number of hydrogen-bond acceptors (Lipinski definition) is 4. The Morgan fingerprint density at radius 3 is 2.73 bits per heavy atom. The molecule has 0 atom stereocenters. The highest BCUT2D eigenvalue weighted by Crippen LogP contribution is 2.14. The first-order valence-electron chi connectivity index (χ1n) is 6.69. The zero-order valence-corrected chi connectivity index (χ0v) is 16.1. The predicted molar refractivity (Wildman–Crippen MR) is 102 cm³/mol. The third-order valence-corrected chi connectivity index (χ3v) is 4.10. The second-order valence-corrected chi connectivity index (χ2v) is 5.51. The third kappa shape index (κ3) is 5.45. The SMILES string of the molecule is CN=C(NCc1ccnc(OC)c1)NCc1sccc1C.I. The average molecular weight is 432 g/mol. The van der Waals surface area contributed by atoms with E-state index >= 15 is 0 Å². The molecule has 0 aliphatic carbocycles. The van der Waals surface area contributed by atoms with Crippen LogP contribution in [0.5, 0.6) is 5.88 Å². The van der Waals surface area contributed by atoms with Crippen LogP contribution in [0.25, 0.3) is 0 Å². The number of rotatable bonds is 5. The molecule has 120 valence electrons. The van der Waals surface area contributed by atoms with Crippen molar-refractivity contribution in [3.63, 3.8) is 0 Å². The highest BCUT2D eigenvalue weighted by molar-refractivity contribution is 14.0. The molecular formula is C15H21IN4OS. The maximum absolute atomic E-state index is 5.11. The van der Waals surface area contributed by atoms with Crippen LogP contribution in [0.4, 0.5) is 0 Å². The van der Waals surface area contributed by atoms with Crippen LogP contribution in [0.1, 0.15) is 16.0 Å². The zero-order chi connectivity index (χ0) is 15.1. The Morgan fingerprint density at radius 1 is 1.32 bits per heavy atom. The Balaban J connectivity index is 0.00000242. The number of aliphatic imine (C=N–C) groups is 1. The molecule has 2 N–H and O–H groups in total. The van der Waals surface area contributed by atoms with Gasteiger partial charge in [-0.2, -0.15) is 0 Å². The molecule has 0 unspecified atom stereocenters. The molecule has 22 heavy (non-hydrogen) atoms. The van der Waals surface area contributed by atoms with Gasteiger partial charge in [0.2, 0.25) is 5.88 Å². The van der Waals surface area contributed by atoms with Crippen LogP contribution in [0.2, 0.25) is 0 Å². The molecule has 5 nitrogen and oxygen atoms in total. The number of nitrogens with one attached hydrogen (secondary N) is 2. The van der Waals surface area contributed by atoms with E-state index in [1.807, 2.05) is 12.1 Å². The lowest BCUT2D eigenvalue weighted by Gasteiger charge is -2.12. The molecule has 0 amide bonds. The molecule has 2 aromatic heterocycles. The first-order chi connectivity index (χ1) is 10.2. The number of hydrogen-bond donors (Lipinski definition) is 2. The minimum absolute atomic E-state index is 0. The number of pyridine rings is 1. The van der Waals surface area contributed by atoms with Crippen LogP contribution in [0.3, 0.4) is 0 Å². The minimum Gasteiger partial charge on any atom is -0.481 e. The van der Waals surface area contributed by atoms with Crippen molar-refractivity contribution < 1.29 is 4.74 Å². The van der Waals surface area contributed by atoms with E-state index in [0.29, 0.717) is 12.4 Å². The van der Waals surface area contributed by atoms with E-state index in [2.05, 4.69) is 39.0 Å². The molecule has 0 aliphatic heterocycles. The van der Waals surface area contributed by atoms with Gasteiger partial charge in [0.1, 0.15) is 0 Å². The van der Waals surface area contributed by atoms with Gasteiger partial charge in [-0.05, 0) is 35.6 Å². The Bertz CT molecular complexity index is 615. The number of halogens is 1.